The molecule has 1 aromatic heterocycles. The summed E-state index contributed by atoms with van der Waals surface area (Å²) in [5, 5.41) is 1.05. The maximum Gasteiger partial charge on any atom is 0.197 e. The monoisotopic (exact) mass is 302 g/mol. The number of nitrogens with zero attached hydrogens (tertiary/aromatic N) is 2. The van der Waals surface area contributed by atoms with Gasteiger partial charge in [-0.3, -0.25) is 0 Å². The molecule has 0 radical (unpaired) electrons. The average Bonchev–Trinajstić information content (AvgIpc) is 2.22. The molecule has 0 N–H and O–H groups in total. The second kappa shape index (κ2) is 4.47. The van der Waals surface area contributed by atoms with E-state index in [0.29, 0.717) is 14.8 Å². The Morgan fingerprint density at radius 1 is 1.07 bits per heavy atom. The van der Waals surface area contributed by atoms with Gasteiger partial charge in [-0.05, 0) is 34.1 Å². The molecule has 0 atom stereocenters. The largest absolute Gasteiger partial charge is 0.231 e. The zero-order valence-corrected chi connectivity index (χ0v) is 10.5. The molecule has 0 spiro atoms. The van der Waals surface area contributed by atoms with Crippen molar-refractivity contribution in [3.05, 3.63) is 45.2 Å². The van der Waals surface area contributed by atoms with Gasteiger partial charge in [0.1, 0.15) is 0 Å². The SMILES string of the molecule is Clc1ccc(-c2ccnc(Br)n2)cc1Cl. The maximum absolute atomic E-state index is 5.92. The van der Waals surface area contributed by atoms with Crippen molar-refractivity contribution < 1.29 is 0 Å². The number of benzene rings is 1. The van der Waals surface area contributed by atoms with Crippen LogP contribution in [0.5, 0.6) is 0 Å². The smallest absolute Gasteiger partial charge is 0.197 e. The molecule has 0 bridgehead atoms. The highest BCUT2D eigenvalue weighted by Gasteiger charge is 2.03. The van der Waals surface area contributed by atoms with Gasteiger partial charge in [-0.1, -0.05) is 29.3 Å². The van der Waals surface area contributed by atoms with Crippen LogP contribution in [0.2, 0.25) is 10.0 Å². The van der Waals surface area contributed by atoms with Crippen molar-refractivity contribution in [2.75, 3.05) is 0 Å². The van der Waals surface area contributed by atoms with Crippen molar-refractivity contribution in [2.24, 2.45) is 0 Å². The summed E-state index contributed by atoms with van der Waals surface area (Å²) in [6, 6.07) is 7.20. The van der Waals surface area contributed by atoms with Gasteiger partial charge in [0, 0.05) is 11.8 Å². The normalized spacial score (nSPS) is 10.3. The van der Waals surface area contributed by atoms with E-state index in [4.69, 9.17) is 23.2 Å². The van der Waals surface area contributed by atoms with Crippen LogP contribution in [0.1, 0.15) is 0 Å². The molecule has 0 unspecified atom stereocenters. The predicted octanol–water partition coefficient (Wildman–Crippen LogP) is 4.21. The Morgan fingerprint density at radius 3 is 2.53 bits per heavy atom. The van der Waals surface area contributed by atoms with E-state index in [9.17, 15) is 0 Å². The lowest BCUT2D eigenvalue weighted by Gasteiger charge is -2.02. The molecule has 0 aliphatic rings. The molecule has 2 rings (SSSR count). The lowest BCUT2D eigenvalue weighted by molar-refractivity contribution is 1.12. The first kappa shape index (κ1) is 10.9. The summed E-state index contributed by atoms with van der Waals surface area (Å²) in [4.78, 5) is 8.17. The first-order valence-corrected chi connectivity index (χ1v) is 5.65. The van der Waals surface area contributed by atoms with E-state index in [1.807, 2.05) is 12.1 Å². The fourth-order valence-corrected chi connectivity index (χ4v) is 1.76. The Kier molecular flexibility index (Phi) is 3.24. The fraction of sp³-hybridized carbons (Fsp3) is 0. The van der Waals surface area contributed by atoms with E-state index in [2.05, 4.69) is 25.9 Å². The summed E-state index contributed by atoms with van der Waals surface area (Å²) < 4.78 is 0.547. The van der Waals surface area contributed by atoms with Gasteiger partial charge in [0.25, 0.3) is 0 Å². The standard InChI is InChI=1S/C10H5BrCl2N2/c11-10-14-4-3-9(15-10)6-1-2-7(12)8(13)5-6/h1-5H. The summed E-state index contributed by atoms with van der Waals surface area (Å²) in [6.07, 6.45) is 1.68. The predicted molar refractivity (Wildman–Crippen MR) is 65.2 cm³/mol. The minimum atomic E-state index is 0.518. The van der Waals surface area contributed by atoms with Crippen LogP contribution < -0.4 is 0 Å². The molecule has 1 aromatic carbocycles. The van der Waals surface area contributed by atoms with E-state index in [1.165, 1.54) is 0 Å². The van der Waals surface area contributed by atoms with Crippen molar-refractivity contribution in [3.63, 3.8) is 0 Å². The van der Waals surface area contributed by atoms with E-state index < -0.39 is 0 Å². The van der Waals surface area contributed by atoms with Gasteiger partial charge in [0.2, 0.25) is 0 Å². The van der Waals surface area contributed by atoms with Crippen LogP contribution in [0.4, 0.5) is 0 Å². The van der Waals surface area contributed by atoms with E-state index >= 15 is 0 Å². The van der Waals surface area contributed by atoms with Crippen LogP contribution in [-0.2, 0) is 0 Å². The van der Waals surface area contributed by atoms with E-state index in [-0.39, 0.29) is 0 Å². The zero-order chi connectivity index (χ0) is 10.8. The Labute approximate surface area is 105 Å². The number of hydrogen-bond acceptors (Lipinski definition) is 2. The number of hydrogen-bond donors (Lipinski definition) is 0. The topological polar surface area (TPSA) is 25.8 Å². The van der Waals surface area contributed by atoms with Crippen LogP contribution in [0.25, 0.3) is 11.3 Å². The third-order valence-electron chi connectivity index (χ3n) is 1.84. The lowest BCUT2D eigenvalue weighted by Crippen LogP contribution is -1.86. The molecule has 0 saturated heterocycles. The summed E-state index contributed by atoms with van der Waals surface area (Å²) in [7, 11) is 0. The Morgan fingerprint density at radius 2 is 1.87 bits per heavy atom. The van der Waals surface area contributed by atoms with Crippen molar-refractivity contribution >= 4 is 39.1 Å². The molecular formula is C10H5BrCl2N2. The van der Waals surface area contributed by atoms with Crippen LogP contribution in [0.3, 0.4) is 0 Å². The molecule has 0 fully saturated rings. The summed E-state index contributed by atoms with van der Waals surface area (Å²) in [6.45, 7) is 0. The minimum absolute atomic E-state index is 0.518. The average molecular weight is 304 g/mol. The molecule has 15 heavy (non-hydrogen) atoms. The lowest BCUT2D eigenvalue weighted by atomic mass is 10.1. The molecule has 76 valence electrons. The highest BCUT2D eigenvalue weighted by molar-refractivity contribution is 9.10. The maximum atomic E-state index is 5.92. The third kappa shape index (κ3) is 2.48. The number of aromatic nitrogens is 2. The minimum Gasteiger partial charge on any atom is -0.231 e. The Bertz CT molecular complexity index is 503. The Hall–Kier alpha value is -0.640. The van der Waals surface area contributed by atoms with Gasteiger partial charge < -0.3 is 0 Å². The quantitative estimate of drug-likeness (QED) is 0.737. The highest BCUT2D eigenvalue weighted by atomic mass is 79.9. The van der Waals surface area contributed by atoms with Gasteiger partial charge in [-0.25, -0.2) is 9.97 Å². The summed E-state index contributed by atoms with van der Waals surface area (Å²) >= 11 is 15.0. The second-order valence-corrected chi connectivity index (χ2v) is 4.36. The van der Waals surface area contributed by atoms with Gasteiger partial charge >= 0.3 is 0 Å². The van der Waals surface area contributed by atoms with Crippen LogP contribution >= 0.6 is 39.1 Å². The molecule has 2 aromatic rings. The van der Waals surface area contributed by atoms with Crippen molar-refractivity contribution in [3.8, 4) is 11.3 Å². The molecule has 0 aliphatic carbocycles. The molecule has 0 saturated carbocycles. The molecule has 1 heterocycles. The Balaban J connectivity index is 2.50. The molecule has 0 amide bonds. The first-order chi connectivity index (χ1) is 7.16. The number of rotatable bonds is 1. The van der Waals surface area contributed by atoms with Crippen molar-refractivity contribution in [2.45, 2.75) is 0 Å². The first-order valence-electron chi connectivity index (χ1n) is 4.11. The van der Waals surface area contributed by atoms with Gasteiger partial charge in [-0.15, -0.1) is 0 Å². The third-order valence-corrected chi connectivity index (χ3v) is 2.96. The van der Waals surface area contributed by atoms with Gasteiger partial charge in [-0.2, -0.15) is 0 Å². The van der Waals surface area contributed by atoms with Crippen LogP contribution in [0.15, 0.2) is 35.2 Å². The van der Waals surface area contributed by atoms with E-state index in [1.54, 1.807) is 18.3 Å². The van der Waals surface area contributed by atoms with Crippen molar-refractivity contribution in [1.29, 1.82) is 0 Å². The second-order valence-electron chi connectivity index (χ2n) is 2.84. The fourth-order valence-electron chi connectivity index (χ4n) is 1.15. The van der Waals surface area contributed by atoms with Crippen molar-refractivity contribution in [1.82, 2.24) is 9.97 Å². The molecule has 2 nitrogen and oxygen atoms in total. The molecular weight excluding hydrogens is 299 g/mol. The summed E-state index contributed by atoms with van der Waals surface area (Å²) in [5.41, 5.74) is 1.71. The van der Waals surface area contributed by atoms with Gasteiger partial charge in [0.15, 0.2) is 4.73 Å². The molecule has 0 aliphatic heterocycles. The summed E-state index contributed by atoms with van der Waals surface area (Å²) in [5.74, 6) is 0. The number of halogens is 3. The van der Waals surface area contributed by atoms with Crippen LogP contribution in [0, 0.1) is 0 Å². The van der Waals surface area contributed by atoms with Gasteiger partial charge in [0.05, 0.1) is 15.7 Å². The molecule has 5 heteroatoms. The van der Waals surface area contributed by atoms with E-state index in [0.717, 1.165) is 11.3 Å². The zero-order valence-electron chi connectivity index (χ0n) is 7.42. The van der Waals surface area contributed by atoms with Crippen LogP contribution in [-0.4, -0.2) is 9.97 Å². The highest BCUT2D eigenvalue weighted by Crippen LogP contribution is 2.27.